The molecule has 0 aromatic carbocycles. The van der Waals surface area contributed by atoms with E-state index in [9.17, 15) is 4.79 Å². The van der Waals surface area contributed by atoms with Crippen LogP contribution in [0.25, 0.3) is 0 Å². The lowest BCUT2D eigenvalue weighted by Gasteiger charge is -2.12. The number of carbonyl (C=O) groups is 1. The monoisotopic (exact) mass is 182 g/mol. The van der Waals surface area contributed by atoms with Crippen molar-refractivity contribution in [3.05, 3.63) is 17.5 Å². The van der Waals surface area contributed by atoms with Gasteiger partial charge in [0.1, 0.15) is 0 Å². The normalized spacial score (nSPS) is 11.4. The Labute approximate surface area is 77.3 Å². The number of nitrogens with zero attached hydrogens (tertiary/aromatic N) is 1. The molecular formula is C9H14N2O2. The summed E-state index contributed by atoms with van der Waals surface area (Å²) in [7, 11) is 1.56. The van der Waals surface area contributed by atoms with Crippen LogP contribution in [0.4, 0.5) is 0 Å². The Bertz CT molecular complexity index is 310. The summed E-state index contributed by atoms with van der Waals surface area (Å²) in [6, 6.07) is 1.67. The molecule has 0 spiro atoms. The largest absolute Gasteiger partial charge is 0.352 e. The van der Waals surface area contributed by atoms with E-state index < -0.39 is 0 Å². The van der Waals surface area contributed by atoms with Gasteiger partial charge in [-0.25, -0.2) is 0 Å². The topological polar surface area (TPSA) is 55.1 Å². The third-order valence-electron chi connectivity index (χ3n) is 1.73. The van der Waals surface area contributed by atoms with Crippen LogP contribution in [0.1, 0.15) is 37.0 Å². The van der Waals surface area contributed by atoms with Gasteiger partial charge in [0.15, 0.2) is 0 Å². The molecular weight excluding hydrogens is 168 g/mol. The van der Waals surface area contributed by atoms with Crippen molar-refractivity contribution in [3.63, 3.8) is 0 Å². The predicted octanol–water partition coefficient (Wildman–Crippen LogP) is 1.33. The Balaban J connectivity index is 2.93. The van der Waals surface area contributed by atoms with E-state index in [1.54, 1.807) is 13.1 Å². The fourth-order valence-electron chi connectivity index (χ4n) is 0.859. The van der Waals surface area contributed by atoms with Crippen molar-refractivity contribution in [1.29, 1.82) is 0 Å². The highest BCUT2D eigenvalue weighted by Crippen LogP contribution is 2.21. The molecule has 0 aliphatic heterocycles. The third-order valence-corrected chi connectivity index (χ3v) is 1.73. The lowest BCUT2D eigenvalue weighted by Crippen LogP contribution is -2.17. The van der Waals surface area contributed by atoms with Crippen LogP contribution in [-0.4, -0.2) is 18.1 Å². The maximum Gasteiger partial charge on any atom is 0.289 e. The smallest absolute Gasteiger partial charge is 0.289 e. The summed E-state index contributed by atoms with van der Waals surface area (Å²) in [5.74, 6) is 0.00965. The van der Waals surface area contributed by atoms with Crippen LogP contribution in [0.15, 0.2) is 10.6 Å². The van der Waals surface area contributed by atoms with Crippen molar-refractivity contribution < 1.29 is 9.32 Å². The summed E-state index contributed by atoms with van der Waals surface area (Å²) < 4.78 is 4.88. The van der Waals surface area contributed by atoms with E-state index >= 15 is 0 Å². The predicted molar refractivity (Wildman–Crippen MR) is 48.6 cm³/mol. The molecule has 13 heavy (non-hydrogen) atoms. The summed E-state index contributed by atoms with van der Waals surface area (Å²) in [5, 5.41) is 6.29. The molecule has 72 valence electrons. The van der Waals surface area contributed by atoms with Gasteiger partial charge in [-0.2, -0.15) is 0 Å². The minimum absolute atomic E-state index is 0.0875. The highest BCUT2D eigenvalue weighted by atomic mass is 16.5. The average Bonchev–Trinajstić information content (AvgIpc) is 2.50. The Morgan fingerprint density at radius 3 is 2.54 bits per heavy atom. The van der Waals surface area contributed by atoms with E-state index in [1.807, 2.05) is 20.8 Å². The molecule has 0 saturated carbocycles. The Morgan fingerprint density at radius 1 is 1.54 bits per heavy atom. The van der Waals surface area contributed by atoms with Crippen molar-refractivity contribution in [1.82, 2.24) is 10.5 Å². The molecule has 0 bridgehead atoms. The van der Waals surface area contributed by atoms with Crippen LogP contribution >= 0.6 is 0 Å². The van der Waals surface area contributed by atoms with Gasteiger partial charge in [0.05, 0.1) is 5.69 Å². The number of hydrogen-bond acceptors (Lipinski definition) is 3. The lowest BCUT2D eigenvalue weighted by molar-refractivity contribution is 0.0926. The minimum Gasteiger partial charge on any atom is -0.352 e. The quantitative estimate of drug-likeness (QED) is 0.712. The van der Waals surface area contributed by atoms with Crippen molar-refractivity contribution >= 4 is 5.91 Å². The highest BCUT2D eigenvalue weighted by Gasteiger charge is 2.20. The fourth-order valence-corrected chi connectivity index (χ4v) is 0.859. The first-order chi connectivity index (χ1) is 5.95. The van der Waals surface area contributed by atoms with Crippen LogP contribution < -0.4 is 5.32 Å². The SMILES string of the molecule is CNC(=O)c1cc(C(C)(C)C)no1. The summed E-state index contributed by atoms with van der Waals surface area (Å²) in [6.45, 7) is 6.04. The van der Waals surface area contributed by atoms with Crippen LogP contribution in [0, 0.1) is 0 Å². The van der Waals surface area contributed by atoms with Crippen LogP contribution in [-0.2, 0) is 5.41 Å². The van der Waals surface area contributed by atoms with E-state index in [0.717, 1.165) is 5.69 Å². The molecule has 0 radical (unpaired) electrons. The summed E-state index contributed by atoms with van der Waals surface area (Å²) >= 11 is 0. The average molecular weight is 182 g/mol. The Hall–Kier alpha value is -1.32. The fraction of sp³-hybridized carbons (Fsp3) is 0.556. The maximum absolute atomic E-state index is 11.1. The van der Waals surface area contributed by atoms with Gasteiger partial charge in [0.2, 0.25) is 5.76 Å². The zero-order valence-corrected chi connectivity index (χ0v) is 8.34. The number of amides is 1. The second kappa shape index (κ2) is 3.20. The highest BCUT2D eigenvalue weighted by molar-refractivity contribution is 5.91. The summed E-state index contributed by atoms with van der Waals surface area (Å²) in [6.07, 6.45) is 0. The zero-order valence-electron chi connectivity index (χ0n) is 8.34. The van der Waals surface area contributed by atoms with Gasteiger partial charge >= 0.3 is 0 Å². The molecule has 0 fully saturated rings. The molecule has 4 heteroatoms. The van der Waals surface area contributed by atoms with E-state index in [2.05, 4.69) is 10.5 Å². The van der Waals surface area contributed by atoms with E-state index in [0.29, 0.717) is 0 Å². The number of carbonyl (C=O) groups excluding carboxylic acids is 1. The maximum atomic E-state index is 11.1. The first-order valence-electron chi connectivity index (χ1n) is 4.14. The van der Waals surface area contributed by atoms with Crippen LogP contribution in [0.5, 0.6) is 0 Å². The zero-order chi connectivity index (χ0) is 10.1. The van der Waals surface area contributed by atoms with Gasteiger partial charge in [-0.3, -0.25) is 4.79 Å². The van der Waals surface area contributed by atoms with Gasteiger partial charge in [-0.05, 0) is 0 Å². The van der Waals surface area contributed by atoms with Crippen LogP contribution in [0.3, 0.4) is 0 Å². The first kappa shape index (κ1) is 9.77. The van der Waals surface area contributed by atoms with Gasteiger partial charge in [-0.1, -0.05) is 25.9 Å². The van der Waals surface area contributed by atoms with E-state index in [1.165, 1.54) is 0 Å². The Kier molecular flexibility index (Phi) is 2.40. The molecule has 0 atom stereocenters. The second-order valence-corrected chi connectivity index (χ2v) is 3.91. The van der Waals surface area contributed by atoms with E-state index in [-0.39, 0.29) is 17.1 Å². The second-order valence-electron chi connectivity index (χ2n) is 3.91. The molecule has 0 saturated heterocycles. The van der Waals surface area contributed by atoms with Crippen molar-refractivity contribution in [2.45, 2.75) is 26.2 Å². The molecule has 1 rings (SSSR count). The van der Waals surface area contributed by atoms with Crippen molar-refractivity contribution in [2.24, 2.45) is 0 Å². The van der Waals surface area contributed by atoms with Gasteiger partial charge in [0, 0.05) is 18.5 Å². The summed E-state index contributed by atoms with van der Waals surface area (Å²) in [5.41, 5.74) is 0.696. The van der Waals surface area contributed by atoms with Gasteiger partial charge in [-0.15, -0.1) is 0 Å². The van der Waals surface area contributed by atoms with Gasteiger partial charge in [0.25, 0.3) is 5.91 Å². The Morgan fingerprint density at radius 2 is 2.15 bits per heavy atom. The molecule has 1 amide bonds. The van der Waals surface area contributed by atoms with E-state index in [4.69, 9.17) is 4.52 Å². The third kappa shape index (κ3) is 2.08. The standard InChI is InChI=1S/C9H14N2O2/c1-9(2,3)7-5-6(13-11-7)8(12)10-4/h5H,1-4H3,(H,10,12). The van der Waals surface area contributed by atoms with Gasteiger partial charge < -0.3 is 9.84 Å². The lowest BCUT2D eigenvalue weighted by atomic mass is 9.92. The molecule has 1 N–H and O–H groups in total. The molecule has 1 aromatic heterocycles. The molecule has 0 unspecified atom stereocenters. The molecule has 0 aliphatic rings. The minimum atomic E-state index is -0.247. The summed E-state index contributed by atoms with van der Waals surface area (Å²) in [4.78, 5) is 11.1. The molecule has 0 aliphatic carbocycles. The molecule has 4 nitrogen and oxygen atoms in total. The number of hydrogen-bond donors (Lipinski definition) is 1. The number of nitrogens with one attached hydrogen (secondary N) is 1. The van der Waals surface area contributed by atoms with Crippen molar-refractivity contribution in [2.75, 3.05) is 7.05 Å². The number of aromatic nitrogens is 1. The number of rotatable bonds is 1. The van der Waals surface area contributed by atoms with Crippen molar-refractivity contribution in [3.8, 4) is 0 Å². The van der Waals surface area contributed by atoms with Crippen LogP contribution in [0.2, 0.25) is 0 Å². The molecule has 1 aromatic rings. The first-order valence-corrected chi connectivity index (χ1v) is 4.14. The molecule has 1 heterocycles.